The van der Waals surface area contributed by atoms with Crippen molar-refractivity contribution >= 4 is 17.5 Å². The third-order valence-corrected chi connectivity index (χ3v) is 5.28. The average molecular weight is 370 g/mol. The fraction of sp³-hybridized carbons (Fsp3) is 0.263. The lowest BCUT2D eigenvalue weighted by molar-refractivity contribution is 0.0993. The van der Waals surface area contributed by atoms with Crippen molar-refractivity contribution in [3.63, 3.8) is 0 Å². The van der Waals surface area contributed by atoms with E-state index in [-0.39, 0.29) is 16.9 Å². The summed E-state index contributed by atoms with van der Waals surface area (Å²) < 4.78 is 14.9. The first-order valence-electron chi connectivity index (χ1n) is 8.20. The Bertz CT molecular complexity index is 970. The quantitative estimate of drug-likeness (QED) is 0.500. The zero-order chi connectivity index (χ0) is 18.8. The highest BCUT2D eigenvalue weighted by molar-refractivity contribution is 8.00. The lowest BCUT2D eigenvalue weighted by atomic mass is 9.97. The Balaban J connectivity index is 1.85. The van der Waals surface area contributed by atoms with Gasteiger partial charge in [0.25, 0.3) is 0 Å². The standard InChI is InChI=1S/C19H19FN4OS/c1-11-8-13(3)17(9-12(11)2)18(25)14(4)26-19-21-22-23-24(19)16-7-5-6-15(20)10-16/h5-10,14H,1-4H3/t14-/m1/s1. The van der Waals surface area contributed by atoms with Gasteiger partial charge in [-0.05, 0) is 79.1 Å². The molecular weight excluding hydrogens is 351 g/mol. The molecule has 1 heterocycles. The van der Waals surface area contributed by atoms with Crippen LogP contribution in [0.15, 0.2) is 41.6 Å². The number of aryl methyl sites for hydroxylation is 3. The number of rotatable bonds is 5. The van der Waals surface area contributed by atoms with E-state index < -0.39 is 0 Å². The average Bonchev–Trinajstić information content (AvgIpc) is 3.05. The summed E-state index contributed by atoms with van der Waals surface area (Å²) in [5.74, 6) is -0.353. The van der Waals surface area contributed by atoms with E-state index in [2.05, 4.69) is 15.5 Å². The molecule has 0 saturated carbocycles. The summed E-state index contributed by atoms with van der Waals surface area (Å²) in [5, 5.41) is 11.6. The lowest BCUT2D eigenvalue weighted by Crippen LogP contribution is -2.16. The van der Waals surface area contributed by atoms with Gasteiger partial charge in [-0.25, -0.2) is 4.39 Å². The van der Waals surface area contributed by atoms with Crippen LogP contribution in [0.1, 0.15) is 34.0 Å². The summed E-state index contributed by atoms with van der Waals surface area (Å²) in [6, 6.07) is 9.96. The second-order valence-corrected chi connectivity index (χ2v) is 7.54. The smallest absolute Gasteiger partial charge is 0.214 e. The van der Waals surface area contributed by atoms with Gasteiger partial charge in [0.05, 0.1) is 10.9 Å². The van der Waals surface area contributed by atoms with Crippen LogP contribution in [0.5, 0.6) is 0 Å². The van der Waals surface area contributed by atoms with Gasteiger partial charge in [-0.1, -0.05) is 23.9 Å². The van der Waals surface area contributed by atoms with Crippen molar-refractivity contribution in [1.29, 1.82) is 0 Å². The number of carbonyl (C=O) groups is 1. The van der Waals surface area contributed by atoms with Crippen LogP contribution in [-0.2, 0) is 0 Å². The predicted molar refractivity (Wildman–Crippen MR) is 99.4 cm³/mol. The number of benzene rings is 2. The molecule has 5 nitrogen and oxygen atoms in total. The molecule has 0 bridgehead atoms. The molecule has 7 heteroatoms. The highest BCUT2D eigenvalue weighted by Gasteiger charge is 2.22. The van der Waals surface area contributed by atoms with Gasteiger partial charge in [0.1, 0.15) is 5.82 Å². The van der Waals surface area contributed by atoms with E-state index in [1.807, 2.05) is 39.8 Å². The molecule has 0 amide bonds. The van der Waals surface area contributed by atoms with Gasteiger partial charge < -0.3 is 0 Å². The van der Waals surface area contributed by atoms with E-state index >= 15 is 0 Å². The highest BCUT2D eigenvalue weighted by atomic mass is 32.2. The molecule has 0 saturated heterocycles. The highest BCUT2D eigenvalue weighted by Crippen LogP contribution is 2.27. The number of thioether (sulfide) groups is 1. The zero-order valence-electron chi connectivity index (χ0n) is 15.0. The fourth-order valence-corrected chi connectivity index (χ4v) is 3.55. The van der Waals surface area contributed by atoms with E-state index in [1.165, 1.54) is 28.6 Å². The lowest BCUT2D eigenvalue weighted by Gasteiger charge is -2.13. The number of tetrazole rings is 1. The molecular formula is C19H19FN4OS. The van der Waals surface area contributed by atoms with Crippen molar-refractivity contribution in [1.82, 2.24) is 20.2 Å². The summed E-state index contributed by atoms with van der Waals surface area (Å²) in [6.07, 6.45) is 0. The van der Waals surface area contributed by atoms with E-state index in [9.17, 15) is 9.18 Å². The van der Waals surface area contributed by atoms with E-state index in [0.717, 1.165) is 16.7 Å². The van der Waals surface area contributed by atoms with E-state index in [4.69, 9.17) is 0 Å². The van der Waals surface area contributed by atoms with Crippen molar-refractivity contribution < 1.29 is 9.18 Å². The van der Waals surface area contributed by atoms with Gasteiger partial charge in [0, 0.05) is 5.56 Å². The second-order valence-electron chi connectivity index (χ2n) is 6.23. The van der Waals surface area contributed by atoms with E-state index in [0.29, 0.717) is 16.4 Å². The summed E-state index contributed by atoms with van der Waals surface area (Å²) in [4.78, 5) is 12.9. The van der Waals surface area contributed by atoms with Crippen LogP contribution in [0, 0.1) is 26.6 Å². The fourth-order valence-electron chi connectivity index (χ4n) is 2.68. The Hall–Kier alpha value is -2.54. The van der Waals surface area contributed by atoms with Crippen molar-refractivity contribution in [2.24, 2.45) is 0 Å². The van der Waals surface area contributed by atoms with Crippen molar-refractivity contribution in [2.45, 2.75) is 38.1 Å². The summed E-state index contributed by atoms with van der Waals surface area (Å²) in [5.41, 5.74) is 4.42. The molecule has 26 heavy (non-hydrogen) atoms. The zero-order valence-corrected chi connectivity index (χ0v) is 15.8. The first-order chi connectivity index (χ1) is 12.4. The number of hydrogen-bond donors (Lipinski definition) is 0. The number of nitrogens with zero attached hydrogens (tertiary/aromatic N) is 4. The van der Waals surface area contributed by atoms with Crippen LogP contribution in [0.4, 0.5) is 4.39 Å². The van der Waals surface area contributed by atoms with Crippen LogP contribution in [0.2, 0.25) is 0 Å². The first-order valence-corrected chi connectivity index (χ1v) is 9.08. The SMILES string of the molecule is Cc1cc(C)c(C(=O)[C@@H](C)Sc2nnnn2-c2cccc(F)c2)cc1C. The molecule has 0 radical (unpaired) electrons. The summed E-state index contributed by atoms with van der Waals surface area (Å²) in [7, 11) is 0. The third-order valence-electron chi connectivity index (χ3n) is 4.25. The first kappa shape index (κ1) is 18.3. The van der Waals surface area contributed by atoms with Crippen LogP contribution >= 0.6 is 11.8 Å². The van der Waals surface area contributed by atoms with Gasteiger partial charge in [0.15, 0.2) is 5.78 Å². The van der Waals surface area contributed by atoms with Crippen LogP contribution in [0.25, 0.3) is 5.69 Å². The predicted octanol–water partition coefficient (Wildman–Crippen LogP) is 4.09. The molecule has 0 fully saturated rings. The number of ketones is 1. The van der Waals surface area contributed by atoms with Crippen LogP contribution in [0.3, 0.4) is 0 Å². The third kappa shape index (κ3) is 3.67. The molecule has 0 N–H and O–H groups in total. The van der Waals surface area contributed by atoms with Crippen molar-refractivity contribution in [3.05, 3.63) is 64.5 Å². The Morgan fingerprint density at radius 3 is 2.58 bits per heavy atom. The normalized spacial score (nSPS) is 12.2. The largest absolute Gasteiger partial charge is 0.293 e. The Labute approximate surface area is 155 Å². The number of hydrogen-bond acceptors (Lipinski definition) is 5. The maximum Gasteiger partial charge on any atom is 0.214 e. The van der Waals surface area contributed by atoms with Gasteiger partial charge >= 0.3 is 0 Å². The van der Waals surface area contributed by atoms with Gasteiger partial charge in [-0.15, -0.1) is 5.10 Å². The molecule has 2 aromatic carbocycles. The molecule has 0 aliphatic heterocycles. The minimum atomic E-state index is -0.380. The molecule has 134 valence electrons. The number of Topliss-reactive ketones (excluding diaryl/α,β-unsaturated/α-hetero) is 1. The molecule has 1 atom stereocenters. The van der Waals surface area contributed by atoms with E-state index in [1.54, 1.807) is 12.1 Å². The summed E-state index contributed by atoms with van der Waals surface area (Å²) in [6.45, 7) is 7.79. The monoisotopic (exact) mass is 370 g/mol. The molecule has 0 unspecified atom stereocenters. The minimum absolute atomic E-state index is 0.0180. The number of halogens is 1. The van der Waals surface area contributed by atoms with Crippen molar-refractivity contribution in [3.8, 4) is 5.69 Å². The molecule has 0 aliphatic rings. The molecule has 3 aromatic rings. The van der Waals surface area contributed by atoms with Crippen LogP contribution in [-0.4, -0.2) is 31.2 Å². The maximum absolute atomic E-state index is 13.5. The van der Waals surface area contributed by atoms with Crippen LogP contribution < -0.4 is 0 Å². The van der Waals surface area contributed by atoms with Gasteiger partial charge in [0.2, 0.25) is 5.16 Å². The second kappa shape index (κ2) is 7.37. The number of carbonyl (C=O) groups excluding carboxylic acids is 1. The maximum atomic E-state index is 13.5. The summed E-state index contributed by atoms with van der Waals surface area (Å²) >= 11 is 1.25. The van der Waals surface area contributed by atoms with Gasteiger partial charge in [-0.2, -0.15) is 4.68 Å². The van der Waals surface area contributed by atoms with Gasteiger partial charge in [-0.3, -0.25) is 4.79 Å². The Kier molecular flexibility index (Phi) is 5.18. The Morgan fingerprint density at radius 2 is 1.85 bits per heavy atom. The number of aromatic nitrogens is 4. The molecule has 0 aliphatic carbocycles. The Morgan fingerprint density at radius 1 is 1.12 bits per heavy atom. The topological polar surface area (TPSA) is 60.7 Å². The molecule has 1 aromatic heterocycles. The molecule has 0 spiro atoms. The molecule has 3 rings (SSSR count). The minimum Gasteiger partial charge on any atom is -0.293 e. The van der Waals surface area contributed by atoms with Crippen molar-refractivity contribution in [2.75, 3.05) is 0 Å².